The Balaban J connectivity index is 2.30. The first-order valence-electron chi connectivity index (χ1n) is 5.80. The van der Waals surface area contributed by atoms with E-state index in [-0.39, 0.29) is 5.75 Å². The lowest BCUT2D eigenvalue weighted by Crippen LogP contribution is -2.32. The van der Waals surface area contributed by atoms with Crippen molar-refractivity contribution in [2.75, 3.05) is 0 Å². The van der Waals surface area contributed by atoms with Gasteiger partial charge >= 0.3 is 6.11 Å². The van der Waals surface area contributed by atoms with Gasteiger partial charge in [0, 0.05) is 19.0 Å². The van der Waals surface area contributed by atoms with Crippen molar-refractivity contribution in [2.45, 2.75) is 10.9 Å². The monoisotopic (exact) mass is 536 g/mol. The van der Waals surface area contributed by atoms with Crippen LogP contribution >= 0.6 is 71.0 Å². The summed E-state index contributed by atoms with van der Waals surface area (Å²) in [5.41, 5.74) is 1.73. The Bertz CT molecular complexity index is 655. The predicted molar refractivity (Wildman–Crippen MR) is 96.0 cm³/mol. The number of rotatable bonds is 4. The molecule has 8 heteroatoms. The van der Waals surface area contributed by atoms with E-state index in [4.69, 9.17) is 23.2 Å². The maximum Gasteiger partial charge on any atom is 0.428 e. The van der Waals surface area contributed by atoms with E-state index in [9.17, 15) is 8.78 Å². The second-order valence-electron chi connectivity index (χ2n) is 4.23. The highest BCUT2D eigenvalue weighted by Gasteiger charge is 2.40. The van der Waals surface area contributed by atoms with Crippen LogP contribution in [0.1, 0.15) is 0 Å². The lowest BCUT2D eigenvalue weighted by Gasteiger charge is -2.19. The van der Waals surface area contributed by atoms with Gasteiger partial charge in [-0.05, 0) is 29.8 Å². The fourth-order valence-electron chi connectivity index (χ4n) is 1.71. The second kappa shape index (κ2) is 7.34. The molecule has 2 aromatic carbocycles. The fraction of sp³-hybridized carbons (Fsp3) is 0.143. The first kappa shape index (κ1) is 18.5. The molecule has 0 saturated heterocycles. The standard InChI is InChI=1S/C14H7Br3Cl2F2O/c15-8-5-10(16)12(11(17)6-8)7-1-3-9(4-2-7)22-14(20,21)13(18)19/h1-6,13H. The highest BCUT2D eigenvalue weighted by Crippen LogP contribution is 2.38. The van der Waals surface area contributed by atoms with E-state index in [1.165, 1.54) is 12.1 Å². The smallest absolute Gasteiger partial charge is 0.428 e. The van der Waals surface area contributed by atoms with Gasteiger partial charge in [-0.25, -0.2) is 0 Å². The van der Waals surface area contributed by atoms with Gasteiger partial charge < -0.3 is 4.74 Å². The molecular weight excluding hydrogens is 533 g/mol. The van der Waals surface area contributed by atoms with E-state index in [0.717, 1.165) is 24.5 Å². The zero-order valence-corrected chi connectivity index (χ0v) is 16.9. The van der Waals surface area contributed by atoms with Gasteiger partial charge in [-0.15, -0.1) is 0 Å². The number of halogens is 7. The zero-order valence-electron chi connectivity index (χ0n) is 10.6. The van der Waals surface area contributed by atoms with Gasteiger partial charge in [0.1, 0.15) is 5.75 Å². The molecule has 2 aromatic rings. The Kier molecular flexibility index (Phi) is 6.16. The molecule has 1 nitrogen and oxygen atoms in total. The Hall–Kier alpha value is 0.120. The SMILES string of the molecule is FC(F)(Oc1ccc(-c2c(Br)cc(Br)cc2Br)cc1)C(Cl)Cl. The summed E-state index contributed by atoms with van der Waals surface area (Å²) in [6.07, 6.45) is -3.65. The molecule has 0 unspecified atom stereocenters. The topological polar surface area (TPSA) is 9.23 Å². The molecule has 22 heavy (non-hydrogen) atoms. The molecule has 0 aliphatic carbocycles. The van der Waals surface area contributed by atoms with Crippen molar-refractivity contribution in [3.05, 3.63) is 49.8 Å². The van der Waals surface area contributed by atoms with Crippen LogP contribution in [0.15, 0.2) is 49.8 Å². The van der Waals surface area contributed by atoms with Crippen LogP contribution in [0.5, 0.6) is 5.75 Å². The lowest BCUT2D eigenvalue weighted by molar-refractivity contribution is -0.163. The molecule has 0 heterocycles. The van der Waals surface area contributed by atoms with E-state index in [1.54, 1.807) is 12.1 Å². The Morgan fingerprint density at radius 3 is 1.91 bits per heavy atom. The van der Waals surface area contributed by atoms with Crippen molar-refractivity contribution in [1.29, 1.82) is 0 Å². The van der Waals surface area contributed by atoms with E-state index in [0.29, 0.717) is 0 Å². The first-order chi connectivity index (χ1) is 10.2. The van der Waals surface area contributed by atoms with E-state index < -0.39 is 10.9 Å². The van der Waals surface area contributed by atoms with Gasteiger partial charge in [-0.3, -0.25) is 0 Å². The molecule has 0 atom stereocenters. The summed E-state index contributed by atoms with van der Waals surface area (Å²) < 4.78 is 33.8. The molecule has 0 aliphatic heterocycles. The summed E-state index contributed by atoms with van der Waals surface area (Å²) >= 11 is 20.7. The minimum absolute atomic E-state index is 0.0237. The van der Waals surface area contributed by atoms with Crippen LogP contribution in [-0.4, -0.2) is 10.9 Å². The molecule has 0 radical (unpaired) electrons. The minimum atomic E-state index is -3.65. The lowest BCUT2D eigenvalue weighted by atomic mass is 10.1. The number of ether oxygens (including phenoxy) is 1. The third kappa shape index (κ3) is 4.35. The highest BCUT2D eigenvalue weighted by molar-refractivity contribution is 9.11. The Labute approximate surface area is 161 Å². The van der Waals surface area contributed by atoms with Crippen molar-refractivity contribution in [3.63, 3.8) is 0 Å². The molecule has 0 aromatic heterocycles. The van der Waals surface area contributed by atoms with Gasteiger partial charge in [-0.1, -0.05) is 83.1 Å². The summed E-state index contributed by atoms with van der Waals surface area (Å²) in [4.78, 5) is -1.94. The fourth-order valence-corrected chi connectivity index (χ4v) is 4.51. The second-order valence-corrected chi connectivity index (χ2v) is 7.95. The van der Waals surface area contributed by atoms with Crippen LogP contribution < -0.4 is 4.74 Å². The largest absolute Gasteiger partial charge is 0.431 e. The predicted octanol–water partition coefficient (Wildman–Crippen LogP) is 7.42. The molecule has 0 aliphatic rings. The summed E-state index contributed by atoms with van der Waals surface area (Å²) in [6.45, 7) is 0. The molecule has 0 spiro atoms. The molecule has 0 saturated carbocycles. The third-order valence-electron chi connectivity index (χ3n) is 2.66. The molecule has 0 bridgehead atoms. The Morgan fingerprint density at radius 1 is 0.955 bits per heavy atom. The summed E-state index contributed by atoms with van der Waals surface area (Å²) in [5.74, 6) is -0.0237. The number of alkyl halides is 4. The maximum absolute atomic E-state index is 13.3. The average molecular weight is 540 g/mol. The molecule has 2 rings (SSSR count). The van der Waals surface area contributed by atoms with E-state index in [1.807, 2.05) is 12.1 Å². The molecule has 0 N–H and O–H groups in total. The molecule has 0 fully saturated rings. The van der Waals surface area contributed by atoms with Crippen LogP contribution in [0, 0.1) is 0 Å². The average Bonchev–Trinajstić information content (AvgIpc) is 2.39. The number of benzene rings is 2. The van der Waals surface area contributed by atoms with Gasteiger partial charge in [0.25, 0.3) is 0 Å². The number of hydrogen-bond donors (Lipinski definition) is 0. The number of hydrogen-bond acceptors (Lipinski definition) is 1. The van der Waals surface area contributed by atoms with Gasteiger partial charge in [0.15, 0.2) is 0 Å². The van der Waals surface area contributed by atoms with Crippen molar-refractivity contribution in [2.24, 2.45) is 0 Å². The zero-order chi connectivity index (χ0) is 16.5. The van der Waals surface area contributed by atoms with Crippen molar-refractivity contribution in [1.82, 2.24) is 0 Å². The van der Waals surface area contributed by atoms with E-state index in [2.05, 4.69) is 52.5 Å². The van der Waals surface area contributed by atoms with Crippen LogP contribution in [0.2, 0.25) is 0 Å². The van der Waals surface area contributed by atoms with Crippen molar-refractivity contribution < 1.29 is 13.5 Å². The van der Waals surface area contributed by atoms with Gasteiger partial charge in [-0.2, -0.15) is 8.78 Å². The summed E-state index contributed by atoms with van der Waals surface area (Å²) in [6, 6.07) is 9.98. The van der Waals surface area contributed by atoms with Crippen LogP contribution in [0.25, 0.3) is 11.1 Å². The highest BCUT2D eigenvalue weighted by atomic mass is 79.9. The molecule has 118 valence electrons. The van der Waals surface area contributed by atoms with Crippen LogP contribution in [0.3, 0.4) is 0 Å². The molecule has 0 amide bonds. The van der Waals surface area contributed by atoms with Crippen molar-refractivity contribution in [3.8, 4) is 16.9 Å². The van der Waals surface area contributed by atoms with Gasteiger partial charge in [0.2, 0.25) is 4.84 Å². The van der Waals surface area contributed by atoms with Crippen molar-refractivity contribution >= 4 is 71.0 Å². The first-order valence-corrected chi connectivity index (χ1v) is 9.06. The third-order valence-corrected chi connectivity index (χ3v) is 4.87. The Morgan fingerprint density at radius 2 is 1.45 bits per heavy atom. The maximum atomic E-state index is 13.3. The normalized spacial score (nSPS) is 11.8. The van der Waals surface area contributed by atoms with E-state index >= 15 is 0 Å². The summed E-state index contributed by atoms with van der Waals surface area (Å²) in [7, 11) is 0. The van der Waals surface area contributed by atoms with Crippen LogP contribution in [-0.2, 0) is 0 Å². The van der Waals surface area contributed by atoms with Crippen LogP contribution in [0.4, 0.5) is 8.78 Å². The van der Waals surface area contributed by atoms with Gasteiger partial charge in [0.05, 0.1) is 0 Å². The molecular formula is C14H7Br3Cl2F2O. The minimum Gasteiger partial charge on any atom is -0.431 e. The summed E-state index contributed by atoms with van der Waals surface area (Å²) in [5, 5.41) is 0. The quantitative estimate of drug-likeness (QED) is 0.368.